The number of hydrogen-bond acceptors (Lipinski definition) is 6. The molecule has 1 saturated heterocycles. The number of esters is 1. The lowest BCUT2D eigenvalue weighted by Crippen LogP contribution is -2.71. The van der Waals surface area contributed by atoms with Crippen LogP contribution in [0.3, 0.4) is 0 Å². The Morgan fingerprint density at radius 2 is 1.75 bits per heavy atom. The van der Waals surface area contributed by atoms with Gasteiger partial charge in [-0.05, 0) is 16.7 Å². The molecule has 0 saturated carbocycles. The number of carbonyl (C=O) groups excluding carboxylic acids is 1. The van der Waals surface area contributed by atoms with Crippen LogP contribution in [-0.4, -0.2) is 45.3 Å². The number of aliphatic hydroxyl groups is 1. The first-order valence-corrected chi connectivity index (χ1v) is 10.6. The van der Waals surface area contributed by atoms with E-state index in [9.17, 15) is 9.90 Å². The van der Waals surface area contributed by atoms with Crippen LogP contribution < -0.4 is 5.73 Å². The molecule has 0 aliphatic carbocycles. The first-order chi connectivity index (χ1) is 13.6. The van der Waals surface area contributed by atoms with Crippen molar-refractivity contribution in [1.29, 1.82) is 0 Å². The van der Waals surface area contributed by atoms with Gasteiger partial charge in [0.05, 0.1) is 11.4 Å². The van der Waals surface area contributed by atoms with Gasteiger partial charge in [0.1, 0.15) is 11.9 Å². The smallest absolute Gasteiger partial charge is 0.355 e. The van der Waals surface area contributed by atoms with Gasteiger partial charge in [-0.3, -0.25) is 0 Å². The lowest BCUT2D eigenvalue weighted by Gasteiger charge is -2.54. The van der Waals surface area contributed by atoms with Crippen LogP contribution in [0.15, 0.2) is 71.9 Å². The summed E-state index contributed by atoms with van der Waals surface area (Å²) in [5.74, 6) is 0.297. The maximum absolute atomic E-state index is 13.2. The maximum atomic E-state index is 13.2. The van der Waals surface area contributed by atoms with Gasteiger partial charge in [0.2, 0.25) is 0 Å². The lowest BCUT2D eigenvalue weighted by atomic mass is 10.0. The predicted molar refractivity (Wildman–Crippen MR) is 111 cm³/mol. The van der Waals surface area contributed by atoms with E-state index in [0.717, 1.165) is 16.7 Å². The SMILES string of the molecule is NC1C(O)N2C(C(=O)OC(c3ccccc3)c3ccccc3)=C(CCl)CSC12. The van der Waals surface area contributed by atoms with Gasteiger partial charge in [0.25, 0.3) is 0 Å². The number of hydrogen-bond donors (Lipinski definition) is 2. The van der Waals surface area contributed by atoms with Crippen molar-refractivity contribution >= 4 is 29.3 Å². The Hall–Kier alpha value is -1.99. The Bertz CT molecular complexity index is 838. The number of thioether (sulfide) groups is 1. The Morgan fingerprint density at radius 3 is 2.29 bits per heavy atom. The topological polar surface area (TPSA) is 75.8 Å². The molecule has 0 bridgehead atoms. The number of ether oxygens (including phenoxy) is 1. The van der Waals surface area contributed by atoms with Gasteiger partial charge >= 0.3 is 5.97 Å². The summed E-state index contributed by atoms with van der Waals surface area (Å²) in [4.78, 5) is 14.9. The van der Waals surface area contributed by atoms with Gasteiger partial charge < -0.3 is 20.5 Å². The van der Waals surface area contributed by atoms with Gasteiger partial charge in [-0.15, -0.1) is 23.4 Å². The zero-order valence-electron chi connectivity index (χ0n) is 15.1. The molecule has 2 aliphatic heterocycles. The van der Waals surface area contributed by atoms with Crippen LogP contribution >= 0.6 is 23.4 Å². The molecule has 0 spiro atoms. The largest absolute Gasteiger partial charge is 0.448 e. The zero-order valence-corrected chi connectivity index (χ0v) is 16.6. The number of nitrogens with two attached hydrogens (primary N) is 1. The third-order valence-electron chi connectivity index (χ3n) is 5.04. The van der Waals surface area contributed by atoms with E-state index in [1.807, 2.05) is 60.7 Å². The van der Waals surface area contributed by atoms with Gasteiger partial charge in [0, 0.05) is 11.6 Å². The van der Waals surface area contributed by atoms with E-state index in [0.29, 0.717) is 11.4 Å². The fraction of sp³-hybridized carbons (Fsp3) is 0.286. The molecule has 1 fully saturated rings. The van der Waals surface area contributed by atoms with Gasteiger partial charge in [-0.2, -0.15) is 0 Å². The Balaban J connectivity index is 1.67. The monoisotopic (exact) mass is 416 g/mol. The molecule has 2 heterocycles. The molecular formula is C21H21ClN2O3S. The van der Waals surface area contributed by atoms with E-state index in [1.165, 1.54) is 0 Å². The number of nitrogens with zero attached hydrogens (tertiary/aromatic N) is 1. The molecular weight excluding hydrogens is 396 g/mol. The van der Waals surface area contributed by atoms with Gasteiger partial charge in [-0.25, -0.2) is 4.79 Å². The van der Waals surface area contributed by atoms with E-state index in [2.05, 4.69) is 0 Å². The van der Waals surface area contributed by atoms with Crippen LogP contribution in [0.1, 0.15) is 17.2 Å². The second-order valence-electron chi connectivity index (χ2n) is 6.79. The molecule has 7 heteroatoms. The molecule has 3 atom stereocenters. The third kappa shape index (κ3) is 3.42. The molecule has 0 aromatic heterocycles. The third-order valence-corrected chi connectivity index (χ3v) is 6.76. The molecule has 0 amide bonds. The highest BCUT2D eigenvalue weighted by atomic mass is 35.5. The summed E-state index contributed by atoms with van der Waals surface area (Å²) < 4.78 is 5.97. The molecule has 2 aromatic carbocycles. The minimum atomic E-state index is -0.912. The Kier molecular flexibility index (Phi) is 5.64. The summed E-state index contributed by atoms with van der Waals surface area (Å²) >= 11 is 7.67. The summed E-state index contributed by atoms with van der Waals surface area (Å²) in [6.07, 6.45) is -1.47. The van der Waals surface area contributed by atoms with Crippen molar-refractivity contribution in [2.75, 3.05) is 11.6 Å². The molecule has 3 N–H and O–H groups in total. The summed E-state index contributed by atoms with van der Waals surface area (Å²) in [5, 5.41) is 10.2. The van der Waals surface area contributed by atoms with E-state index in [1.54, 1.807) is 16.7 Å². The van der Waals surface area contributed by atoms with Crippen LogP contribution in [0.4, 0.5) is 0 Å². The van der Waals surface area contributed by atoms with Crippen LogP contribution in [-0.2, 0) is 9.53 Å². The van der Waals surface area contributed by atoms with Crippen molar-refractivity contribution < 1.29 is 14.6 Å². The van der Waals surface area contributed by atoms with Crippen LogP contribution in [0, 0.1) is 0 Å². The van der Waals surface area contributed by atoms with Crippen LogP contribution in [0.2, 0.25) is 0 Å². The second kappa shape index (κ2) is 8.17. The highest BCUT2D eigenvalue weighted by Crippen LogP contribution is 2.42. The summed E-state index contributed by atoms with van der Waals surface area (Å²) in [7, 11) is 0. The van der Waals surface area contributed by atoms with E-state index in [-0.39, 0.29) is 11.3 Å². The highest BCUT2D eigenvalue weighted by Gasteiger charge is 2.51. The van der Waals surface area contributed by atoms with E-state index in [4.69, 9.17) is 22.1 Å². The van der Waals surface area contributed by atoms with Crippen LogP contribution in [0.25, 0.3) is 0 Å². The average molecular weight is 417 g/mol. The van der Waals surface area contributed by atoms with Crippen molar-refractivity contribution in [1.82, 2.24) is 4.90 Å². The normalized spacial score (nSPS) is 24.0. The molecule has 146 valence electrons. The molecule has 2 aromatic rings. The minimum absolute atomic E-state index is 0.142. The number of aliphatic hydroxyl groups excluding tert-OH is 1. The van der Waals surface area contributed by atoms with Crippen molar-refractivity contribution in [2.24, 2.45) is 5.73 Å². The van der Waals surface area contributed by atoms with Crippen LogP contribution in [0.5, 0.6) is 0 Å². The van der Waals surface area contributed by atoms with E-state index >= 15 is 0 Å². The maximum Gasteiger partial charge on any atom is 0.355 e. The summed E-state index contributed by atoms with van der Waals surface area (Å²) in [6.45, 7) is 0. The van der Waals surface area contributed by atoms with E-state index < -0.39 is 24.3 Å². The lowest BCUT2D eigenvalue weighted by molar-refractivity contribution is -0.152. The van der Waals surface area contributed by atoms with Crippen molar-refractivity contribution in [3.8, 4) is 0 Å². The van der Waals surface area contributed by atoms with Gasteiger partial charge in [0.15, 0.2) is 6.10 Å². The van der Waals surface area contributed by atoms with Crippen molar-refractivity contribution in [3.05, 3.63) is 83.1 Å². The predicted octanol–water partition coefficient (Wildman–Crippen LogP) is 2.85. The minimum Gasteiger partial charge on any atom is -0.448 e. The number of alkyl halides is 1. The first-order valence-electron chi connectivity index (χ1n) is 9.04. The zero-order chi connectivity index (χ0) is 19.7. The molecule has 2 aliphatic rings. The molecule has 3 unspecified atom stereocenters. The molecule has 0 radical (unpaired) electrons. The molecule has 5 nitrogen and oxygen atoms in total. The molecule has 28 heavy (non-hydrogen) atoms. The highest BCUT2D eigenvalue weighted by molar-refractivity contribution is 8.00. The fourth-order valence-corrected chi connectivity index (χ4v) is 5.25. The standard InChI is InChI=1S/C21H21ClN2O3S/c22-11-15-12-28-20-16(23)19(25)24(20)17(15)21(26)27-18(13-7-3-1-4-8-13)14-9-5-2-6-10-14/h1-10,16,18-20,25H,11-12,23H2. The number of benzene rings is 2. The quantitative estimate of drug-likeness (QED) is 0.576. The van der Waals surface area contributed by atoms with Gasteiger partial charge in [-0.1, -0.05) is 60.7 Å². The molecule has 4 rings (SSSR count). The first kappa shape index (κ1) is 19.3. The number of carbonyl (C=O) groups is 1. The summed E-state index contributed by atoms with van der Waals surface area (Å²) in [5.41, 5.74) is 8.82. The Morgan fingerprint density at radius 1 is 1.18 bits per heavy atom. The second-order valence-corrected chi connectivity index (χ2v) is 8.16. The average Bonchev–Trinajstić information content (AvgIpc) is 2.76. The van der Waals surface area contributed by atoms with Crippen molar-refractivity contribution in [3.63, 3.8) is 0 Å². The number of fused-ring (bicyclic) bond motifs is 1. The number of halogens is 1. The van der Waals surface area contributed by atoms with Crippen molar-refractivity contribution in [2.45, 2.75) is 23.7 Å². The Labute approximate surface area is 173 Å². The number of rotatable bonds is 5. The fourth-order valence-electron chi connectivity index (χ4n) is 3.55. The summed E-state index contributed by atoms with van der Waals surface area (Å²) in [6, 6.07) is 18.8.